The molecule has 160 valence electrons. The van der Waals surface area contributed by atoms with Gasteiger partial charge in [0.2, 0.25) is 11.8 Å². The quantitative estimate of drug-likeness (QED) is 0.102. The summed E-state index contributed by atoms with van der Waals surface area (Å²) in [4.78, 5) is 50.4. The molecule has 0 rings (SSSR count). The van der Waals surface area contributed by atoms with Crippen LogP contribution in [-0.2, 0) is 19.2 Å². The van der Waals surface area contributed by atoms with Crippen molar-refractivity contribution < 1.29 is 29.4 Å². The van der Waals surface area contributed by atoms with Crippen molar-refractivity contribution in [2.75, 3.05) is 6.54 Å². The van der Waals surface area contributed by atoms with Crippen molar-refractivity contribution in [3.63, 3.8) is 0 Å². The molecule has 0 bridgehead atoms. The van der Waals surface area contributed by atoms with Crippen LogP contribution in [-0.4, -0.2) is 64.6 Å². The molecule has 10 N–H and O–H groups in total. The van der Waals surface area contributed by atoms with Crippen molar-refractivity contribution in [1.82, 2.24) is 10.6 Å². The number of amides is 2. The first-order chi connectivity index (χ1) is 13.0. The highest BCUT2D eigenvalue weighted by Gasteiger charge is 2.31. The highest BCUT2D eigenvalue weighted by molar-refractivity contribution is 5.92. The SMILES string of the molecule is CCC(C)C(NC(=O)C(N)CCCN=C(N)N)C(=O)NC(CC(=O)O)C(=O)O. The van der Waals surface area contributed by atoms with Crippen LogP contribution in [0.25, 0.3) is 0 Å². The van der Waals surface area contributed by atoms with Gasteiger partial charge in [0.1, 0.15) is 12.1 Å². The summed E-state index contributed by atoms with van der Waals surface area (Å²) in [6, 6.07) is -3.58. The van der Waals surface area contributed by atoms with E-state index in [1.54, 1.807) is 13.8 Å². The molecule has 0 aliphatic heterocycles. The van der Waals surface area contributed by atoms with Crippen LogP contribution in [0.1, 0.15) is 39.5 Å². The Bertz CT molecular complexity index is 592. The van der Waals surface area contributed by atoms with E-state index in [2.05, 4.69) is 15.6 Å². The standard InChI is InChI=1S/C16H30N6O6/c1-3-8(2)12(14(26)21-10(15(27)28)7-11(23)24)22-13(25)9(17)5-4-6-20-16(18)19/h8-10,12H,3-7,17H2,1-2H3,(H,21,26)(H,22,25)(H,23,24)(H,27,28)(H4,18,19,20). The molecule has 0 aliphatic rings. The molecule has 28 heavy (non-hydrogen) atoms. The molecule has 0 aromatic heterocycles. The van der Waals surface area contributed by atoms with Crippen LogP contribution in [0, 0.1) is 5.92 Å². The lowest BCUT2D eigenvalue weighted by molar-refractivity contribution is -0.147. The van der Waals surface area contributed by atoms with Gasteiger partial charge in [0.05, 0.1) is 12.5 Å². The predicted octanol–water partition coefficient (Wildman–Crippen LogP) is -2.06. The van der Waals surface area contributed by atoms with Gasteiger partial charge in [-0.15, -0.1) is 0 Å². The Morgan fingerprint density at radius 2 is 1.68 bits per heavy atom. The number of rotatable bonds is 13. The van der Waals surface area contributed by atoms with Crippen molar-refractivity contribution in [3.8, 4) is 0 Å². The van der Waals surface area contributed by atoms with Gasteiger partial charge in [-0.05, 0) is 18.8 Å². The minimum absolute atomic E-state index is 0.0686. The minimum atomic E-state index is -1.61. The zero-order valence-corrected chi connectivity index (χ0v) is 16.1. The van der Waals surface area contributed by atoms with Crippen LogP contribution in [0.4, 0.5) is 0 Å². The topological polar surface area (TPSA) is 223 Å². The molecule has 2 amide bonds. The Morgan fingerprint density at radius 1 is 1.07 bits per heavy atom. The van der Waals surface area contributed by atoms with Crippen LogP contribution in [0.5, 0.6) is 0 Å². The molecule has 12 heteroatoms. The van der Waals surface area contributed by atoms with Crippen LogP contribution < -0.4 is 27.8 Å². The first kappa shape index (κ1) is 25.1. The summed E-state index contributed by atoms with van der Waals surface area (Å²) >= 11 is 0. The predicted molar refractivity (Wildman–Crippen MR) is 101 cm³/mol. The van der Waals surface area contributed by atoms with E-state index in [-0.39, 0.29) is 18.3 Å². The third-order valence-electron chi connectivity index (χ3n) is 4.09. The first-order valence-corrected chi connectivity index (χ1v) is 8.85. The van der Waals surface area contributed by atoms with Crippen molar-refractivity contribution in [3.05, 3.63) is 0 Å². The van der Waals surface area contributed by atoms with E-state index >= 15 is 0 Å². The normalized spacial score (nSPS) is 14.8. The molecule has 4 atom stereocenters. The minimum Gasteiger partial charge on any atom is -0.481 e. The fourth-order valence-corrected chi connectivity index (χ4v) is 2.25. The number of carboxylic acids is 2. The van der Waals surface area contributed by atoms with Crippen molar-refractivity contribution in [1.29, 1.82) is 0 Å². The van der Waals surface area contributed by atoms with Crippen molar-refractivity contribution in [2.24, 2.45) is 28.1 Å². The van der Waals surface area contributed by atoms with Gasteiger partial charge < -0.3 is 38.0 Å². The molecule has 0 aromatic carbocycles. The van der Waals surface area contributed by atoms with E-state index in [4.69, 9.17) is 27.4 Å². The number of carboxylic acid groups (broad SMARTS) is 2. The number of carbonyl (C=O) groups excluding carboxylic acids is 2. The average molecular weight is 402 g/mol. The van der Waals surface area contributed by atoms with Crippen LogP contribution in [0.15, 0.2) is 4.99 Å². The second-order valence-electron chi connectivity index (χ2n) is 6.42. The molecule has 0 saturated heterocycles. The van der Waals surface area contributed by atoms with Gasteiger partial charge in [-0.3, -0.25) is 19.4 Å². The summed E-state index contributed by atoms with van der Waals surface area (Å²) in [6.07, 6.45) is 0.446. The number of hydrogen-bond acceptors (Lipinski definition) is 6. The first-order valence-electron chi connectivity index (χ1n) is 8.85. The van der Waals surface area contributed by atoms with E-state index in [0.717, 1.165) is 0 Å². The number of nitrogens with zero attached hydrogens (tertiary/aromatic N) is 1. The zero-order valence-electron chi connectivity index (χ0n) is 16.1. The van der Waals surface area contributed by atoms with Crippen LogP contribution >= 0.6 is 0 Å². The Labute approximate surface area is 162 Å². The highest BCUT2D eigenvalue weighted by Crippen LogP contribution is 2.10. The highest BCUT2D eigenvalue weighted by atomic mass is 16.4. The molecular formula is C16H30N6O6. The number of aliphatic carboxylic acids is 2. The summed E-state index contributed by atoms with van der Waals surface area (Å²) in [5.74, 6) is -4.64. The van der Waals surface area contributed by atoms with Gasteiger partial charge in [-0.25, -0.2) is 4.79 Å². The number of nitrogens with two attached hydrogens (primary N) is 3. The zero-order chi connectivity index (χ0) is 21.9. The third kappa shape index (κ3) is 9.71. The van der Waals surface area contributed by atoms with Gasteiger partial charge in [0.25, 0.3) is 0 Å². The van der Waals surface area contributed by atoms with E-state index in [1.165, 1.54) is 0 Å². The van der Waals surface area contributed by atoms with Crippen molar-refractivity contribution >= 4 is 29.7 Å². The fraction of sp³-hybridized carbons (Fsp3) is 0.688. The van der Waals surface area contributed by atoms with Gasteiger partial charge >= 0.3 is 11.9 Å². The lowest BCUT2D eigenvalue weighted by Crippen LogP contribution is -2.56. The second kappa shape index (κ2) is 12.5. The molecular weight excluding hydrogens is 372 g/mol. The van der Waals surface area contributed by atoms with Crippen LogP contribution in [0.2, 0.25) is 0 Å². The molecule has 0 aromatic rings. The average Bonchev–Trinajstić information content (AvgIpc) is 2.60. The smallest absolute Gasteiger partial charge is 0.326 e. The van der Waals surface area contributed by atoms with Gasteiger partial charge in [-0.2, -0.15) is 0 Å². The number of hydrogen-bond donors (Lipinski definition) is 7. The van der Waals surface area contributed by atoms with Gasteiger partial charge in [0.15, 0.2) is 5.96 Å². The monoisotopic (exact) mass is 402 g/mol. The summed E-state index contributed by atoms with van der Waals surface area (Å²) in [5, 5.41) is 22.5. The van der Waals surface area contributed by atoms with Crippen molar-refractivity contribution in [2.45, 2.75) is 57.7 Å². The maximum atomic E-state index is 12.5. The summed E-state index contributed by atoms with van der Waals surface area (Å²) in [5.41, 5.74) is 16.2. The molecule has 0 aliphatic carbocycles. The molecule has 0 saturated carbocycles. The maximum absolute atomic E-state index is 12.5. The lowest BCUT2D eigenvalue weighted by Gasteiger charge is -2.26. The molecule has 0 fully saturated rings. The van der Waals surface area contributed by atoms with Gasteiger partial charge in [-0.1, -0.05) is 20.3 Å². The number of aliphatic imine (C=N–C) groups is 1. The Kier molecular flexibility index (Phi) is 11.2. The van der Waals surface area contributed by atoms with Gasteiger partial charge in [0, 0.05) is 6.54 Å². The second-order valence-corrected chi connectivity index (χ2v) is 6.42. The summed E-state index contributed by atoms with van der Waals surface area (Å²) in [6.45, 7) is 3.79. The lowest BCUT2D eigenvalue weighted by atomic mass is 9.97. The molecule has 4 unspecified atom stereocenters. The maximum Gasteiger partial charge on any atom is 0.326 e. The van der Waals surface area contributed by atoms with E-state index in [0.29, 0.717) is 19.4 Å². The van der Waals surface area contributed by atoms with Crippen LogP contribution in [0.3, 0.4) is 0 Å². The number of guanidine groups is 1. The van der Waals surface area contributed by atoms with E-state index < -0.39 is 48.3 Å². The Balaban J connectivity index is 4.98. The molecule has 12 nitrogen and oxygen atoms in total. The number of nitrogens with one attached hydrogen (secondary N) is 2. The molecule has 0 radical (unpaired) electrons. The molecule has 0 spiro atoms. The Hall–Kier alpha value is -2.89. The fourth-order valence-electron chi connectivity index (χ4n) is 2.25. The largest absolute Gasteiger partial charge is 0.481 e. The van der Waals surface area contributed by atoms with E-state index in [9.17, 15) is 19.2 Å². The number of carbonyl (C=O) groups is 4. The Morgan fingerprint density at radius 3 is 2.14 bits per heavy atom. The summed E-state index contributed by atoms with van der Waals surface area (Å²) in [7, 11) is 0. The summed E-state index contributed by atoms with van der Waals surface area (Å²) < 4.78 is 0. The molecule has 0 heterocycles. The van der Waals surface area contributed by atoms with E-state index in [1.807, 2.05) is 0 Å². The third-order valence-corrected chi connectivity index (χ3v) is 4.09.